The Morgan fingerprint density at radius 1 is 1.35 bits per heavy atom. The van der Waals surface area contributed by atoms with E-state index in [9.17, 15) is 4.79 Å². The van der Waals surface area contributed by atoms with Gasteiger partial charge in [-0.3, -0.25) is 4.79 Å². The minimum atomic E-state index is 0.156. The highest BCUT2D eigenvalue weighted by Crippen LogP contribution is 2.30. The van der Waals surface area contributed by atoms with Crippen LogP contribution in [0.3, 0.4) is 0 Å². The topological polar surface area (TPSA) is 33.2 Å². The van der Waals surface area contributed by atoms with E-state index >= 15 is 0 Å². The van der Waals surface area contributed by atoms with Crippen molar-refractivity contribution in [3.63, 3.8) is 0 Å². The van der Waals surface area contributed by atoms with Gasteiger partial charge in [0.25, 0.3) is 5.91 Å². The maximum absolute atomic E-state index is 12.8. The molecule has 1 aliphatic heterocycles. The van der Waals surface area contributed by atoms with Crippen molar-refractivity contribution in [2.24, 2.45) is 5.92 Å². The quantitative estimate of drug-likeness (QED) is 0.828. The standard InChI is InChI=1S/C19H24N2OS/c1-4-15-7-9-16(10-8-15)18-20-14(3)17(23-18)19(22)21-11-5-6-13(2)12-21/h7-10,13H,4-6,11-12H2,1-3H3. The van der Waals surface area contributed by atoms with Gasteiger partial charge in [0, 0.05) is 18.7 Å². The predicted molar refractivity (Wildman–Crippen MR) is 96.0 cm³/mol. The minimum absolute atomic E-state index is 0.156. The van der Waals surface area contributed by atoms with Crippen molar-refractivity contribution in [2.75, 3.05) is 13.1 Å². The van der Waals surface area contributed by atoms with Gasteiger partial charge in [0.1, 0.15) is 9.88 Å². The second kappa shape index (κ2) is 6.83. The second-order valence-corrected chi connectivity index (χ2v) is 7.48. The Hall–Kier alpha value is -1.68. The Bertz CT molecular complexity index is 690. The van der Waals surface area contributed by atoms with Crippen molar-refractivity contribution >= 4 is 17.2 Å². The lowest BCUT2D eigenvalue weighted by atomic mass is 10.0. The molecule has 2 heterocycles. The van der Waals surface area contributed by atoms with Gasteiger partial charge in [-0.05, 0) is 37.7 Å². The van der Waals surface area contributed by atoms with Gasteiger partial charge in [-0.2, -0.15) is 0 Å². The zero-order valence-electron chi connectivity index (χ0n) is 14.1. The molecule has 0 aliphatic carbocycles. The predicted octanol–water partition coefficient (Wildman–Crippen LogP) is 4.55. The van der Waals surface area contributed by atoms with E-state index in [2.05, 4.69) is 43.1 Å². The molecule has 1 aromatic carbocycles. The molecule has 0 saturated carbocycles. The van der Waals surface area contributed by atoms with E-state index in [4.69, 9.17) is 0 Å². The fourth-order valence-electron chi connectivity index (χ4n) is 3.12. The summed E-state index contributed by atoms with van der Waals surface area (Å²) in [4.78, 5) is 20.2. The smallest absolute Gasteiger partial charge is 0.265 e. The molecule has 23 heavy (non-hydrogen) atoms. The summed E-state index contributed by atoms with van der Waals surface area (Å²) >= 11 is 1.53. The molecule has 1 aromatic heterocycles. The number of carbonyl (C=O) groups excluding carboxylic acids is 1. The summed E-state index contributed by atoms with van der Waals surface area (Å²) in [5.74, 6) is 0.755. The van der Waals surface area contributed by atoms with Crippen LogP contribution in [0.1, 0.15) is 47.6 Å². The molecule has 3 rings (SSSR count). The lowest BCUT2D eigenvalue weighted by Gasteiger charge is -2.30. The largest absolute Gasteiger partial charge is 0.338 e. The highest BCUT2D eigenvalue weighted by molar-refractivity contribution is 7.17. The molecule has 1 amide bonds. The molecule has 4 heteroatoms. The molecule has 122 valence electrons. The lowest BCUT2D eigenvalue weighted by Crippen LogP contribution is -2.39. The third-order valence-electron chi connectivity index (χ3n) is 4.54. The van der Waals surface area contributed by atoms with Gasteiger partial charge >= 0.3 is 0 Å². The molecule has 0 N–H and O–H groups in total. The summed E-state index contributed by atoms with van der Waals surface area (Å²) in [5.41, 5.74) is 3.27. The molecule has 1 unspecified atom stereocenters. The zero-order valence-corrected chi connectivity index (χ0v) is 14.9. The Morgan fingerprint density at radius 2 is 2.09 bits per heavy atom. The number of carbonyl (C=O) groups is 1. The number of piperidine rings is 1. The molecule has 0 spiro atoms. The van der Waals surface area contributed by atoms with Crippen LogP contribution in [0, 0.1) is 12.8 Å². The summed E-state index contributed by atoms with van der Waals surface area (Å²) in [6.07, 6.45) is 3.37. The monoisotopic (exact) mass is 328 g/mol. The average molecular weight is 328 g/mol. The summed E-state index contributed by atoms with van der Waals surface area (Å²) in [6, 6.07) is 8.49. The van der Waals surface area contributed by atoms with E-state index in [-0.39, 0.29) is 5.91 Å². The summed E-state index contributed by atoms with van der Waals surface area (Å²) in [6.45, 7) is 8.07. The summed E-state index contributed by atoms with van der Waals surface area (Å²) in [5, 5.41) is 0.943. The highest BCUT2D eigenvalue weighted by atomic mass is 32.1. The van der Waals surface area contributed by atoms with Crippen LogP contribution in [-0.2, 0) is 6.42 Å². The average Bonchev–Trinajstić information content (AvgIpc) is 2.96. The van der Waals surface area contributed by atoms with Crippen LogP contribution < -0.4 is 0 Å². The molecular weight excluding hydrogens is 304 g/mol. The number of hydrogen-bond acceptors (Lipinski definition) is 3. The van der Waals surface area contributed by atoms with E-state index < -0.39 is 0 Å². The van der Waals surface area contributed by atoms with E-state index in [1.165, 1.54) is 23.3 Å². The first-order chi connectivity index (χ1) is 11.1. The Labute approximate surface area is 142 Å². The minimum Gasteiger partial charge on any atom is -0.338 e. The number of benzene rings is 1. The Balaban J connectivity index is 1.83. The first kappa shape index (κ1) is 16.2. The number of nitrogens with zero attached hydrogens (tertiary/aromatic N) is 2. The Kier molecular flexibility index (Phi) is 4.81. The van der Waals surface area contributed by atoms with Gasteiger partial charge < -0.3 is 4.90 Å². The molecular formula is C19H24N2OS. The molecule has 2 aromatic rings. The Morgan fingerprint density at radius 3 is 2.74 bits per heavy atom. The van der Waals surface area contributed by atoms with Crippen LogP contribution in [0.15, 0.2) is 24.3 Å². The van der Waals surface area contributed by atoms with Crippen LogP contribution in [0.4, 0.5) is 0 Å². The fourth-order valence-corrected chi connectivity index (χ4v) is 4.16. The van der Waals surface area contributed by atoms with Crippen LogP contribution in [-0.4, -0.2) is 28.9 Å². The van der Waals surface area contributed by atoms with Crippen LogP contribution in [0.5, 0.6) is 0 Å². The maximum Gasteiger partial charge on any atom is 0.265 e. The second-order valence-electron chi connectivity index (χ2n) is 6.48. The van der Waals surface area contributed by atoms with E-state index in [0.29, 0.717) is 5.92 Å². The number of likely N-dealkylation sites (tertiary alicyclic amines) is 1. The van der Waals surface area contributed by atoms with E-state index in [0.717, 1.165) is 47.1 Å². The van der Waals surface area contributed by atoms with Gasteiger partial charge in [-0.15, -0.1) is 11.3 Å². The number of thiazole rings is 1. The SMILES string of the molecule is CCc1ccc(-c2nc(C)c(C(=O)N3CCCC(C)C3)s2)cc1. The first-order valence-corrected chi connectivity index (χ1v) is 9.26. The van der Waals surface area contributed by atoms with Crippen LogP contribution in [0.25, 0.3) is 10.6 Å². The molecule has 0 radical (unpaired) electrons. The lowest BCUT2D eigenvalue weighted by molar-refractivity contribution is 0.0687. The van der Waals surface area contributed by atoms with Gasteiger partial charge in [-0.25, -0.2) is 4.98 Å². The van der Waals surface area contributed by atoms with Crippen molar-refractivity contribution < 1.29 is 4.79 Å². The molecule has 1 atom stereocenters. The molecule has 1 fully saturated rings. The third kappa shape index (κ3) is 3.47. The van der Waals surface area contributed by atoms with Crippen LogP contribution in [0.2, 0.25) is 0 Å². The number of rotatable bonds is 3. The zero-order chi connectivity index (χ0) is 16.4. The van der Waals surface area contributed by atoms with Crippen molar-refractivity contribution in [1.29, 1.82) is 0 Å². The van der Waals surface area contributed by atoms with Gasteiger partial charge in [0.2, 0.25) is 0 Å². The third-order valence-corrected chi connectivity index (χ3v) is 5.74. The maximum atomic E-state index is 12.8. The molecule has 0 bridgehead atoms. The van der Waals surface area contributed by atoms with Gasteiger partial charge in [0.05, 0.1) is 5.69 Å². The van der Waals surface area contributed by atoms with Gasteiger partial charge in [-0.1, -0.05) is 38.1 Å². The van der Waals surface area contributed by atoms with Crippen molar-refractivity contribution in [1.82, 2.24) is 9.88 Å². The highest BCUT2D eigenvalue weighted by Gasteiger charge is 2.25. The normalized spacial score (nSPS) is 18.2. The van der Waals surface area contributed by atoms with Crippen molar-refractivity contribution in [3.05, 3.63) is 40.4 Å². The van der Waals surface area contributed by atoms with Crippen LogP contribution >= 0.6 is 11.3 Å². The van der Waals surface area contributed by atoms with E-state index in [1.54, 1.807) is 0 Å². The number of aryl methyl sites for hydroxylation is 2. The first-order valence-electron chi connectivity index (χ1n) is 8.44. The molecule has 1 saturated heterocycles. The number of hydrogen-bond donors (Lipinski definition) is 0. The summed E-state index contributed by atoms with van der Waals surface area (Å²) in [7, 11) is 0. The number of amides is 1. The van der Waals surface area contributed by atoms with Gasteiger partial charge in [0.15, 0.2) is 0 Å². The molecule has 1 aliphatic rings. The number of aromatic nitrogens is 1. The van der Waals surface area contributed by atoms with Crippen molar-refractivity contribution in [3.8, 4) is 10.6 Å². The fraction of sp³-hybridized carbons (Fsp3) is 0.474. The van der Waals surface area contributed by atoms with E-state index in [1.807, 2.05) is 11.8 Å². The summed E-state index contributed by atoms with van der Waals surface area (Å²) < 4.78 is 0. The van der Waals surface area contributed by atoms with Crippen molar-refractivity contribution in [2.45, 2.75) is 40.0 Å². The molecule has 3 nitrogen and oxygen atoms in total.